The molecule has 120 valence electrons. The van der Waals surface area contributed by atoms with Crippen LogP contribution in [0.4, 0.5) is 4.39 Å². The molecule has 4 heteroatoms. The second-order valence-corrected chi connectivity index (χ2v) is 7.04. The third kappa shape index (κ3) is 2.58. The Morgan fingerprint density at radius 1 is 1.00 bits per heavy atom. The van der Waals surface area contributed by atoms with Crippen molar-refractivity contribution in [2.45, 2.75) is 32.7 Å². The lowest BCUT2D eigenvalue weighted by Crippen LogP contribution is -2.30. The summed E-state index contributed by atoms with van der Waals surface area (Å²) in [6.07, 6.45) is 0.712. The van der Waals surface area contributed by atoms with Gasteiger partial charge in [-0.3, -0.25) is 4.99 Å². The Balaban J connectivity index is 1.91. The molecule has 0 amide bonds. The highest BCUT2D eigenvalue weighted by atomic mass is 19.1. The zero-order valence-electron chi connectivity index (χ0n) is 14.0. The van der Waals surface area contributed by atoms with Gasteiger partial charge in [0.05, 0.1) is 16.8 Å². The van der Waals surface area contributed by atoms with E-state index >= 15 is 0 Å². The maximum absolute atomic E-state index is 13.7. The predicted octanol–water partition coefficient (Wildman–Crippen LogP) is 4.25. The minimum atomic E-state index is -0.292. The van der Waals surface area contributed by atoms with Gasteiger partial charge in [0, 0.05) is 10.9 Å². The van der Waals surface area contributed by atoms with Crippen LogP contribution in [0, 0.1) is 12.7 Å². The van der Waals surface area contributed by atoms with Gasteiger partial charge >= 0.3 is 0 Å². The fraction of sp³-hybridized carbons (Fsp3) is 0.250. The molecule has 0 saturated heterocycles. The summed E-state index contributed by atoms with van der Waals surface area (Å²) in [5.41, 5.74) is 5.16. The molecule has 1 aliphatic heterocycles. The molecule has 1 aromatic heterocycles. The average Bonchev–Trinajstić information content (AvgIpc) is 2.52. The summed E-state index contributed by atoms with van der Waals surface area (Å²) >= 11 is 0. The largest absolute Gasteiger partial charge is 0.276 e. The third-order valence-electron chi connectivity index (χ3n) is 4.35. The van der Waals surface area contributed by atoms with Crippen molar-refractivity contribution in [1.82, 2.24) is 10.2 Å². The Bertz CT molecular complexity index is 989. The molecule has 1 aliphatic rings. The predicted molar refractivity (Wildman–Crippen MR) is 94.1 cm³/mol. The van der Waals surface area contributed by atoms with Gasteiger partial charge in [-0.05, 0) is 68.7 Å². The van der Waals surface area contributed by atoms with E-state index in [-0.39, 0.29) is 11.4 Å². The number of aromatic nitrogens is 2. The zero-order chi connectivity index (χ0) is 16.9. The molecule has 0 spiro atoms. The number of rotatable bonds is 1. The second kappa shape index (κ2) is 5.20. The van der Waals surface area contributed by atoms with Crippen molar-refractivity contribution in [1.29, 1.82) is 0 Å². The first-order chi connectivity index (χ1) is 11.4. The molecule has 2 aromatic carbocycles. The van der Waals surface area contributed by atoms with Crippen LogP contribution in [0.3, 0.4) is 0 Å². The summed E-state index contributed by atoms with van der Waals surface area (Å²) in [4.78, 5) is 4.87. The molecule has 3 aromatic rings. The molecule has 0 unspecified atom stereocenters. The molecule has 3 nitrogen and oxygen atoms in total. The molecule has 2 heterocycles. The van der Waals surface area contributed by atoms with Crippen molar-refractivity contribution in [3.8, 4) is 0 Å². The molecule has 0 N–H and O–H groups in total. The fourth-order valence-electron chi connectivity index (χ4n) is 3.27. The van der Waals surface area contributed by atoms with Gasteiger partial charge in [-0.2, -0.15) is 0 Å². The van der Waals surface area contributed by atoms with Crippen molar-refractivity contribution in [3.05, 3.63) is 70.7 Å². The molecule has 0 fully saturated rings. The van der Waals surface area contributed by atoms with Crippen LogP contribution in [0.2, 0.25) is 0 Å². The number of aryl methyl sites for hydroxylation is 1. The lowest BCUT2D eigenvalue weighted by Gasteiger charge is -2.28. The van der Waals surface area contributed by atoms with Crippen LogP contribution in [0.25, 0.3) is 10.9 Å². The van der Waals surface area contributed by atoms with Crippen molar-refractivity contribution < 1.29 is 4.39 Å². The van der Waals surface area contributed by atoms with Gasteiger partial charge in [-0.25, -0.2) is 4.39 Å². The number of fused-ring (bicyclic) bond motifs is 2. The van der Waals surface area contributed by atoms with Crippen LogP contribution in [0.1, 0.15) is 36.2 Å². The van der Waals surface area contributed by atoms with Crippen LogP contribution >= 0.6 is 0 Å². The van der Waals surface area contributed by atoms with Crippen molar-refractivity contribution >= 4 is 16.6 Å². The number of hydrogen-bond donors (Lipinski definition) is 0. The Labute approximate surface area is 140 Å². The summed E-state index contributed by atoms with van der Waals surface area (Å²) in [6, 6.07) is 13.0. The van der Waals surface area contributed by atoms with E-state index in [0.717, 1.165) is 39.0 Å². The molecule has 0 saturated carbocycles. The van der Waals surface area contributed by atoms with Crippen molar-refractivity contribution in [3.63, 3.8) is 0 Å². The van der Waals surface area contributed by atoms with Crippen LogP contribution < -0.4 is 0 Å². The zero-order valence-corrected chi connectivity index (χ0v) is 14.0. The minimum Gasteiger partial charge on any atom is -0.276 e. The first kappa shape index (κ1) is 14.9. The van der Waals surface area contributed by atoms with Crippen LogP contribution in [-0.2, 0) is 6.42 Å². The number of halogens is 1. The summed E-state index contributed by atoms with van der Waals surface area (Å²) in [5, 5.41) is 9.76. The molecule has 0 bridgehead atoms. The van der Waals surface area contributed by atoms with E-state index in [4.69, 9.17) is 4.99 Å². The lowest BCUT2D eigenvalue weighted by atomic mass is 9.86. The normalized spacial score (nSPS) is 15.9. The lowest BCUT2D eigenvalue weighted by molar-refractivity contribution is 0.510. The Morgan fingerprint density at radius 3 is 2.67 bits per heavy atom. The molecular weight excluding hydrogens is 301 g/mol. The smallest absolute Gasteiger partial charge is 0.123 e. The Hall–Kier alpha value is -2.62. The molecule has 0 radical (unpaired) electrons. The highest BCUT2D eigenvalue weighted by Crippen LogP contribution is 2.30. The first-order valence-corrected chi connectivity index (χ1v) is 8.04. The molecular formula is C20H18FN3. The second-order valence-electron chi connectivity index (χ2n) is 7.04. The SMILES string of the molecule is Cc1ccc2cc(C3=NC(C)(C)Cc4cc(F)ccc43)nnc2c1. The van der Waals surface area contributed by atoms with Gasteiger partial charge in [-0.15, -0.1) is 10.2 Å². The summed E-state index contributed by atoms with van der Waals surface area (Å²) in [7, 11) is 0. The number of benzene rings is 2. The number of aliphatic imine (C=N–C) groups is 1. The van der Waals surface area contributed by atoms with Gasteiger partial charge in [0.2, 0.25) is 0 Å². The van der Waals surface area contributed by atoms with E-state index in [1.54, 1.807) is 12.1 Å². The van der Waals surface area contributed by atoms with Crippen molar-refractivity contribution in [2.24, 2.45) is 4.99 Å². The molecule has 4 rings (SSSR count). The van der Waals surface area contributed by atoms with Gasteiger partial charge in [0.25, 0.3) is 0 Å². The molecule has 24 heavy (non-hydrogen) atoms. The highest BCUT2D eigenvalue weighted by Gasteiger charge is 2.28. The van der Waals surface area contributed by atoms with Crippen LogP contribution in [0.15, 0.2) is 47.5 Å². The minimum absolute atomic E-state index is 0.217. The third-order valence-corrected chi connectivity index (χ3v) is 4.35. The van der Waals surface area contributed by atoms with E-state index in [1.165, 1.54) is 6.07 Å². The van der Waals surface area contributed by atoms with Gasteiger partial charge in [0.15, 0.2) is 0 Å². The van der Waals surface area contributed by atoms with E-state index in [1.807, 2.05) is 25.1 Å². The molecule has 0 atom stereocenters. The van der Waals surface area contributed by atoms with Crippen molar-refractivity contribution in [2.75, 3.05) is 0 Å². The summed E-state index contributed by atoms with van der Waals surface area (Å²) in [6.45, 7) is 6.14. The van der Waals surface area contributed by atoms with Gasteiger partial charge < -0.3 is 0 Å². The van der Waals surface area contributed by atoms with Gasteiger partial charge in [0.1, 0.15) is 11.5 Å². The standard InChI is InChI=1S/C20H18FN3/c1-12-4-5-13-10-18(24-23-17(13)8-12)19-16-7-6-15(21)9-14(16)11-20(2,3)22-19/h4-10H,11H2,1-3H3. The Morgan fingerprint density at radius 2 is 1.83 bits per heavy atom. The van der Waals surface area contributed by atoms with Crippen LogP contribution in [0.5, 0.6) is 0 Å². The van der Waals surface area contributed by atoms with E-state index in [9.17, 15) is 4.39 Å². The highest BCUT2D eigenvalue weighted by molar-refractivity contribution is 6.14. The van der Waals surface area contributed by atoms with E-state index in [0.29, 0.717) is 6.42 Å². The maximum atomic E-state index is 13.7. The van der Waals surface area contributed by atoms with E-state index < -0.39 is 0 Å². The number of hydrogen-bond acceptors (Lipinski definition) is 3. The van der Waals surface area contributed by atoms with Gasteiger partial charge in [-0.1, -0.05) is 12.1 Å². The average molecular weight is 319 g/mol. The number of nitrogens with zero attached hydrogens (tertiary/aromatic N) is 3. The first-order valence-electron chi connectivity index (χ1n) is 8.04. The summed E-state index contributed by atoms with van der Waals surface area (Å²) < 4.78 is 13.7. The topological polar surface area (TPSA) is 38.1 Å². The monoisotopic (exact) mass is 319 g/mol. The fourth-order valence-corrected chi connectivity index (χ4v) is 3.27. The van der Waals surface area contributed by atoms with E-state index in [2.05, 4.69) is 30.1 Å². The summed E-state index contributed by atoms with van der Waals surface area (Å²) in [5.74, 6) is -0.217. The quantitative estimate of drug-likeness (QED) is 0.672. The molecule has 0 aliphatic carbocycles. The Kier molecular flexibility index (Phi) is 3.23. The maximum Gasteiger partial charge on any atom is 0.123 e. The van der Waals surface area contributed by atoms with Crippen LogP contribution in [-0.4, -0.2) is 21.4 Å².